The summed E-state index contributed by atoms with van der Waals surface area (Å²) >= 11 is 0. The molecule has 0 atom stereocenters. The van der Waals surface area contributed by atoms with E-state index in [9.17, 15) is 0 Å². The normalized spacial score (nSPS) is 17.8. The summed E-state index contributed by atoms with van der Waals surface area (Å²) < 4.78 is 0. The Morgan fingerprint density at radius 1 is 1.35 bits per heavy atom. The van der Waals surface area contributed by atoms with Crippen molar-refractivity contribution in [2.45, 2.75) is 32.4 Å². The highest BCUT2D eigenvalue weighted by Crippen LogP contribution is 2.13. The lowest BCUT2D eigenvalue weighted by atomic mass is 10.0. The Labute approximate surface area is 110 Å². The monoisotopic (exact) mass is 255 g/mol. The maximum absolute atomic E-state index is 4.34. The maximum atomic E-state index is 4.34. The van der Waals surface area contributed by atoms with E-state index in [1.807, 2.05) is 13.1 Å². The number of halogens is 1. The first kappa shape index (κ1) is 14.4. The summed E-state index contributed by atoms with van der Waals surface area (Å²) in [7, 11) is 2.06. The van der Waals surface area contributed by atoms with E-state index in [0.29, 0.717) is 6.04 Å². The molecule has 2 rings (SSSR count). The third-order valence-corrected chi connectivity index (χ3v) is 3.37. The Morgan fingerprint density at radius 2 is 2.06 bits per heavy atom. The third-order valence-electron chi connectivity index (χ3n) is 3.37. The van der Waals surface area contributed by atoms with Gasteiger partial charge in [-0.2, -0.15) is 0 Å². The van der Waals surface area contributed by atoms with E-state index in [2.05, 4.69) is 34.4 Å². The Kier molecular flexibility index (Phi) is 5.89. The van der Waals surface area contributed by atoms with Crippen molar-refractivity contribution in [3.05, 3.63) is 29.6 Å². The Bertz CT molecular complexity index is 318. The molecular formula is C13H22ClN3. The van der Waals surface area contributed by atoms with Gasteiger partial charge in [0.1, 0.15) is 0 Å². The number of aromatic nitrogens is 1. The number of piperidine rings is 1. The van der Waals surface area contributed by atoms with Crippen molar-refractivity contribution in [1.82, 2.24) is 15.2 Å². The van der Waals surface area contributed by atoms with E-state index in [-0.39, 0.29) is 12.4 Å². The Balaban J connectivity index is 0.00000144. The maximum Gasteiger partial charge on any atom is 0.0372 e. The van der Waals surface area contributed by atoms with Gasteiger partial charge in [0.2, 0.25) is 0 Å². The minimum absolute atomic E-state index is 0. The first-order valence-corrected chi connectivity index (χ1v) is 6.09. The predicted molar refractivity (Wildman–Crippen MR) is 73.6 cm³/mol. The second-order valence-electron chi connectivity index (χ2n) is 4.65. The molecule has 0 radical (unpaired) electrons. The summed E-state index contributed by atoms with van der Waals surface area (Å²) in [5.74, 6) is 0. The highest BCUT2D eigenvalue weighted by Gasteiger charge is 2.17. The minimum atomic E-state index is 0. The highest BCUT2D eigenvalue weighted by molar-refractivity contribution is 5.85. The van der Waals surface area contributed by atoms with Crippen LogP contribution in [0.2, 0.25) is 0 Å². The molecule has 0 bridgehead atoms. The van der Waals surface area contributed by atoms with E-state index in [0.717, 1.165) is 12.2 Å². The van der Waals surface area contributed by atoms with Crippen LogP contribution in [-0.4, -0.2) is 36.1 Å². The van der Waals surface area contributed by atoms with E-state index in [4.69, 9.17) is 0 Å². The Hall–Kier alpha value is -0.640. The number of hydrogen-bond donors (Lipinski definition) is 1. The van der Waals surface area contributed by atoms with Crippen LogP contribution in [0.1, 0.15) is 24.1 Å². The zero-order valence-corrected chi connectivity index (χ0v) is 11.5. The number of likely N-dealkylation sites (tertiary alicyclic amines) is 1. The van der Waals surface area contributed by atoms with Gasteiger partial charge < -0.3 is 5.32 Å². The average molecular weight is 256 g/mol. The molecule has 1 aromatic heterocycles. The van der Waals surface area contributed by atoms with Crippen LogP contribution in [0, 0.1) is 6.92 Å². The fourth-order valence-electron chi connectivity index (χ4n) is 2.23. The first-order chi connectivity index (χ1) is 7.78. The molecule has 1 aromatic rings. The van der Waals surface area contributed by atoms with Gasteiger partial charge in [0.05, 0.1) is 0 Å². The Morgan fingerprint density at radius 3 is 2.59 bits per heavy atom. The zero-order chi connectivity index (χ0) is 11.4. The van der Waals surface area contributed by atoms with Crippen molar-refractivity contribution in [3.8, 4) is 0 Å². The van der Waals surface area contributed by atoms with E-state index in [1.165, 1.54) is 31.5 Å². The van der Waals surface area contributed by atoms with Gasteiger partial charge in [-0.3, -0.25) is 9.88 Å². The number of aryl methyl sites for hydroxylation is 1. The fourth-order valence-corrected chi connectivity index (χ4v) is 2.23. The number of nitrogens with one attached hydrogen (secondary N) is 1. The molecule has 0 amide bonds. The van der Waals surface area contributed by atoms with Crippen LogP contribution in [0.15, 0.2) is 18.3 Å². The number of rotatable bonds is 3. The van der Waals surface area contributed by atoms with Crippen molar-refractivity contribution in [2.75, 3.05) is 20.1 Å². The molecule has 96 valence electrons. The van der Waals surface area contributed by atoms with Crippen molar-refractivity contribution in [2.24, 2.45) is 0 Å². The predicted octanol–water partition coefficient (Wildman–Crippen LogP) is 2.00. The number of hydrogen-bond acceptors (Lipinski definition) is 3. The van der Waals surface area contributed by atoms with Gasteiger partial charge in [0.25, 0.3) is 0 Å². The summed E-state index contributed by atoms with van der Waals surface area (Å²) in [6, 6.07) is 5.00. The smallest absolute Gasteiger partial charge is 0.0372 e. The van der Waals surface area contributed by atoms with Crippen LogP contribution in [0.4, 0.5) is 0 Å². The van der Waals surface area contributed by atoms with E-state index < -0.39 is 0 Å². The molecule has 0 unspecified atom stereocenters. The minimum Gasteiger partial charge on any atom is -0.317 e. The summed E-state index contributed by atoms with van der Waals surface area (Å²) in [4.78, 5) is 6.85. The van der Waals surface area contributed by atoms with Crippen LogP contribution in [0.5, 0.6) is 0 Å². The van der Waals surface area contributed by atoms with Crippen molar-refractivity contribution in [3.63, 3.8) is 0 Å². The van der Waals surface area contributed by atoms with Gasteiger partial charge in [0.15, 0.2) is 0 Å². The number of nitrogens with zero attached hydrogens (tertiary/aromatic N) is 2. The SMILES string of the molecule is CNC1CCN(Cc2ccc(C)nc2)CC1.Cl. The lowest BCUT2D eigenvalue weighted by molar-refractivity contribution is 0.194. The topological polar surface area (TPSA) is 28.2 Å². The second-order valence-corrected chi connectivity index (χ2v) is 4.65. The molecule has 4 heteroatoms. The molecule has 0 aliphatic carbocycles. The molecule has 0 aromatic carbocycles. The standard InChI is InChI=1S/C13H21N3.ClH/c1-11-3-4-12(9-15-11)10-16-7-5-13(14-2)6-8-16;/h3-4,9,13-14H,5-8,10H2,1-2H3;1H. The zero-order valence-electron chi connectivity index (χ0n) is 10.6. The van der Waals surface area contributed by atoms with Gasteiger partial charge in [-0.15, -0.1) is 12.4 Å². The molecule has 1 fully saturated rings. The lowest BCUT2D eigenvalue weighted by Gasteiger charge is -2.31. The van der Waals surface area contributed by atoms with E-state index in [1.54, 1.807) is 0 Å². The van der Waals surface area contributed by atoms with Crippen LogP contribution >= 0.6 is 12.4 Å². The quantitative estimate of drug-likeness (QED) is 0.896. The van der Waals surface area contributed by atoms with Crippen LogP contribution < -0.4 is 5.32 Å². The largest absolute Gasteiger partial charge is 0.317 e. The molecule has 17 heavy (non-hydrogen) atoms. The summed E-state index contributed by atoms with van der Waals surface area (Å²) in [6.45, 7) is 5.46. The second kappa shape index (κ2) is 6.94. The molecule has 3 nitrogen and oxygen atoms in total. The molecule has 1 N–H and O–H groups in total. The summed E-state index contributed by atoms with van der Waals surface area (Å²) in [6.07, 6.45) is 4.52. The van der Waals surface area contributed by atoms with Crippen molar-refractivity contribution >= 4 is 12.4 Å². The van der Waals surface area contributed by atoms with Crippen LogP contribution in [0.3, 0.4) is 0 Å². The van der Waals surface area contributed by atoms with Crippen LogP contribution in [0.25, 0.3) is 0 Å². The molecule has 0 saturated carbocycles. The molecule has 1 aliphatic rings. The summed E-state index contributed by atoms with van der Waals surface area (Å²) in [5, 5.41) is 3.36. The van der Waals surface area contributed by atoms with Gasteiger partial charge in [0, 0.05) is 24.5 Å². The molecule has 1 saturated heterocycles. The molecule has 2 heterocycles. The first-order valence-electron chi connectivity index (χ1n) is 6.09. The third kappa shape index (κ3) is 4.26. The van der Waals surface area contributed by atoms with Gasteiger partial charge in [-0.25, -0.2) is 0 Å². The van der Waals surface area contributed by atoms with Crippen molar-refractivity contribution < 1.29 is 0 Å². The van der Waals surface area contributed by atoms with Crippen molar-refractivity contribution in [1.29, 1.82) is 0 Å². The summed E-state index contributed by atoms with van der Waals surface area (Å²) in [5.41, 5.74) is 2.42. The lowest BCUT2D eigenvalue weighted by Crippen LogP contribution is -2.40. The average Bonchev–Trinajstić information content (AvgIpc) is 2.33. The molecule has 1 aliphatic heterocycles. The van der Waals surface area contributed by atoms with Gasteiger partial charge >= 0.3 is 0 Å². The molecular weight excluding hydrogens is 234 g/mol. The van der Waals surface area contributed by atoms with Crippen LogP contribution in [-0.2, 0) is 6.54 Å². The van der Waals surface area contributed by atoms with E-state index >= 15 is 0 Å². The highest BCUT2D eigenvalue weighted by atomic mass is 35.5. The fraction of sp³-hybridized carbons (Fsp3) is 0.615. The number of pyridine rings is 1. The van der Waals surface area contributed by atoms with Gasteiger partial charge in [-0.1, -0.05) is 6.07 Å². The van der Waals surface area contributed by atoms with Gasteiger partial charge in [-0.05, 0) is 51.5 Å². The molecule has 0 spiro atoms.